The molecular formula is C22H20BrN3O3. The first-order chi connectivity index (χ1) is 14.0. The second kappa shape index (κ2) is 6.88. The van der Waals surface area contributed by atoms with E-state index >= 15 is 0 Å². The van der Waals surface area contributed by atoms with Gasteiger partial charge in [0.1, 0.15) is 5.41 Å². The van der Waals surface area contributed by atoms with Gasteiger partial charge in [-0.3, -0.25) is 14.7 Å². The number of carbonyl (C=O) groups excluding carboxylic acids is 1. The number of nitrogens with zero attached hydrogens (tertiary/aromatic N) is 3. The predicted molar refractivity (Wildman–Crippen MR) is 113 cm³/mol. The molecule has 1 saturated heterocycles. The molecule has 0 bridgehead atoms. The predicted octanol–water partition coefficient (Wildman–Crippen LogP) is 3.02. The fraction of sp³-hybridized carbons (Fsp3) is 0.273. The third kappa shape index (κ3) is 2.73. The van der Waals surface area contributed by atoms with Crippen LogP contribution in [0.4, 0.5) is 5.69 Å². The summed E-state index contributed by atoms with van der Waals surface area (Å²) in [5.74, 6) is 0.0418. The zero-order valence-corrected chi connectivity index (χ0v) is 17.5. The molecule has 7 heteroatoms. The molecule has 1 aromatic heterocycles. The molecule has 1 spiro atoms. The van der Waals surface area contributed by atoms with Crippen molar-refractivity contribution in [3.63, 3.8) is 0 Å². The number of rotatable bonds is 4. The minimum absolute atomic E-state index is 0.0418. The molecule has 29 heavy (non-hydrogen) atoms. The number of para-hydroxylation sites is 1. The number of methoxy groups -OCH3 is 1. The number of aliphatic hydroxyl groups is 1. The Bertz CT molecular complexity index is 1110. The Morgan fingerprint density at radius 2 is 1.93 bits per heavy atom. The van der Waals surface area contributed by atoms with Crippen molar-refractivity contribution in [3.8, 4) is 0 Å². The number of benzene rings is 2. The molecule has 1 amide bonds. The molecule has 2 aromatic carbocycles. The monoisotopic (exact) mass is 453 g/mol. The topological polar surface area (TPSA) is 65.9 Å². The number of halogens is 1. The van der Waals surface area contributed by atoms with Crippen LogP contribution in [0.15, 0.2) is 59.2 Å². The number of ether oxygens (including phenoxy) is 1. The van der Waals surface area contributed by atoms with Gasteiger partial charge in [0, 0.05) is 41.9 Å². The number of aliphatic hydroxyl groups excluding tert-OH is 1. The molecule has 1 N–H and O–H groups in total. The molecule has 2 aliphatic heterocycles. The van der Waals surface area contributed by atoms with Crippen LogP contribution in [0, 0.1) is 0 Å². The Morgan fingerprint density at radius 3 is 2.72 bits per heavy atom. The summed E-state index contributed by atoms with van der Waals surface area (Å²) in [5, 5.41) is 12.1. The number of amides is 1. The number of aromatic nitrogens is 1. The third-order valence-corrected chi connectivity index (χ3v) is 6.84. The normalized spacial score (nSPS) is 18.9. The first kappa shape index (κ1) is 18.7. The van der Waals surface area contributed by atoms with Crippen LogP contribution in [0.5, 0.6) is 0 Å². The fourth-order valence-electron chi connectivity index (χ4n) is 4.44. The number of hydrogen-bond acceptors (Lipinski definition) is 5. The lowest BCUT2D eigenvalue weighted by atomic mass is 9.75. The van der Waals surface area contributed by atoms with Crippen LogP contribution in [0.25, 0.3) is 10.8 Å². The summed E-state index contributed by atoms with van der Waals surface area (Å²) in [4.78, 5) is 21.7. The van der Waals surface area contributed by atoms with Gasteiger partial charge in [0.15, 0.2) is 0 Å². The average molecular weight is 454 g/mol. The van der Waals surface area contributed by atoms with Crippen molar-refractivity contribution in [1.29, 1.82) is 0 Å². The van der Waals surface area contributed by atoms with Crippen molar-refractivity contribution < 1.29 is 14.6 Å². The van der Waals surface area contributed by atoms with Crippen LogP contribution in [0.2, 0.25) is 0 Å². The number of fused-ring (bicyclic) bond motifs is 3. The highest BCUT2D eigenvalue weighted by molar-refractivity contribution is 9.10. The number of hydrogen-bond donors (Lipinski definition) is 1. The van der Waals surface area contributed by atoms with E-state index in [-0.39, 0.29) is 5.91 Å². The molecule has 1 unspecified atom stereocenters. The van der Waals surface area contributed by atoms with Gasteiger partial charge in [-0.15, -0.1) is 0 Å². The first-order valence-electron chi connectivity index (χ1n) is 9.44. The minimum atomic E-state index is -0.995. The maximum Gasteiger partial charge on any atom is 0.240 e. The van der Waals surface area contributed by atoms with Crippen molar-refractivity contribution in [3.05, 3.63) is 70.5 Å². The van der Waals surface area contributed by atoms with Gasteiger partial charge < -0.3 is 14.7 Å². The van der Waals surface area contributed by atoms with Gasteiger partial charge in [-0.05, 0) is 32.9 Å². The SMILES string of the molecule is COC(O)N1CC2(C1)C(=O)N(Cc1ncc3ccccc3c1Br)c1ccccc12. The van der Waals surface area contributed by atoms with E-state index in [1.54, 1.807) is 4.90 Å². The molecule has 1 atom stereocenters. The highest BCUT2D eigenvalue weighted by atomic mass is 79.9. The largest absolute Gasteiger partial charge is 0.356 e. The van der Waals surface area contributed by atoms with E-state index in [0.717, 1.165) is 32.2 Å². The summed E-state index contributed by atoms with van der Waals surface area (Å²) in [6.45, 7) is 1.25. The van der Waals surface area contributed by atoms with Gasteiger partial charge in [-0.25, -0.2) is 0 Å². The third-order valence-electron chi connectivity index (χ3n) is 5.95. The van der Waals surface area contributed by atoms with Gasteiger partial charge in [0.2, 0.25) is 12.3 Å². The van der Waals surface area contributed by atoms with Crippen molar-refractivity contribution in [2.24, 2.45) is 0 Å². The van der Waals surface area contributed by atoms with Crippen molar-refractivity contribution in [2.45, 2.75) is 18.4 Å². The van der Waals surface area contributed by atoms with Crippen LogP contribution in [0.1, 0.15) is 11.3 Å². The molecule has 0 radical (unpaired) electrons. The molecule has 2 aliphatic rings. The maximum atomic E-state index is 13.5. The summed E-state index contributed by atoms with van der Waals surface area (Å²) >= 11 is 3.69. The Morgan fingerprint density at radius 1 is 1.21 bits per heavy atom. The zero-order valence-electron chi connectivity index (χ0n) is 15.9. The highest BCUT2D eigenvalue weighted by Crippen LogP contribution is 2.48. The molecular weight excluding hydrogens is 434 g/mol. The summed E-state index contributed by atoms with van der Waals surface area (Å²) in [6.07, 6.45) is 0.850. The van der Waals surface area contributed by atoms with Gasteiger partial charge in [0.05, 0.1) is 12.2 Å². The minimum Gasteiger partial charge on any atom is -0.356 e. The van der Waals surface area contributed by atoms with Crippen LogP contribution in [-0.2, 0) is 21.5 Å². The molecule has 3 heterocycles. The highest BCUT2D eigenvalue weighted by Gasteiger charge is 2.59. The standard InChI is InChI=1S/C22H20BrN3O3/c1-29-21(28)25-12-22(13-25)16-8-4-5-9-18(16)26(20(22)27)11-17-19(23)15-7-3-2-6-14(15)10-24-17/h2-10,21,28H,11-13H2,1H3. The van der Waals surface area contributed by atoms with E-state index in [0.29, 0.717) is 19.6 Å². The summed E-state index contributed by atoms with van der Waals surface area (Å²) < 4.78 is 5.91. The van der Waals surface area contributed by atoms with Crippen LogP contribution >= 0.6 is 15.9 Å². The van der Waals surface area contributed by atoms with E-state index < -0.39 is 11.8 Å². The van der Waals surface area contributed by atoms with E-state index in [9.17, 15) is 9.90 Å². The number of carbonyl (C=O) groups is 1. The van der Waals surface area contributed by atoms with Crippen molar-refractivity contribution in [1.82, 2.24) is 9.88 Å². The first-order valence-corrected chi connectivity index (χ1v) is 10.2. The summed E-state index contributed by atoms with van der Waals surface area (Å²) in [7, 11) is 1.45. The van der Waals surface area contributed by atoms with Crippen LogP contribution in [-0.4, -0.2) is 47.5 Å². The van der Waals surface area contributed by atoms with E-state index in [1.807, 2.05) is 59.6 Å². The molecule has 148 valence electrons. The number of anilines is 1. The lowest BCUT2D eigenvalue weighted by molar-refractivity contribution is -0.213. The Hall–Kier alpha value is -2.32. The Kier molecular flexibility index (Phi) is 4.43. The van der Waals surface area contributed by atoms with E-state index in [2.05, 4.69) is 20.9 Å². The molecule has 6 nitrogen and oxygen atoms in total. The second-order valence-electron chi connectivity index (χ2n) is 7.56. The Balaban J connectivity index is 1.51. The fourth-order valence-corrected chi connectivity index (χ4v) is 5.03. The molecule has 0 aliphatic carbocycles. The van der Waals surface area contributed by atoms with E-state index in [4.69, 9.17) is 4.74 Å². The molecule has 5 rings (SSSR count). The smallest absolute Gasteiger partial charge is 0.240 e. The van der Waals surface area contributed by atoms with Gasteiger partial charge in [-0.2, -0.15) is 0 Å². The molecule has 1 fully saturated rings. The summed E-state index contributed by atoms with van der Waals surface area (Å²) in [6, 6.07) is 15.9. The Labute approximate surface area is 176 Å². The zero-order chi connectivity index (χ0) is 20.2. The van der Waals surface area contributed by atoms with Gasteiger partial charge in [-0.1, -0.05) is 42.5 Å². The average Bonchev–Trinajstić information content (AvgIpc) is 2.97. The lowest BCUT2D eigenvalue weighted by Crippen LogP contribution is -2.66. The second-order valence-corrected chi connectivity index (χ2v) is 8.36. The van der Waals surface area contributed by atoms with Crippen LogP contribution < -0.4 is 4.90 Å². The van der Waals surface area contributed by atoms with Gasteiger partial charge >= 0.3 is 0 Å². The van der Waals surface area contributed by atoms with Gasteiger partial charge in [0.25, 0.3) is 0 Å². The lowest BCUT2D eigenvalue weighted by Gasteiger charge is -2.48. The number of pyridine rings is 1. The maximum absolute atomic E-state index is 13.5. The van der Waals surface area contributed by atoms with Crippen LogP contribution in [0.3, 0.4) is 0 Å². The number of likely N-dealkylation sites (tertiary alicyclic amines) is 1. The summed E-state index contributed by atoms with van der Waals surface area (Å²) in [5.41, 5.74) is 2.09. The van der Waals surface area contributed by atoms with Crippen molar-refractivity contribution >= 4 is 38.3 Å². The van der Waals surface area contributed by atoms with E-state index in [1.165, 1.54) is 7.11 Å². The quantitative estimate of drug-likeness (QED) is 0.615. The molecule has 3 aromatic rings. The van der Waals surface area contributed by atoms with Crippen molar-refractivity contribution in [2.75, 3.05) is 25.1 Å². The molecule has 0 saturated carbocycles.